The van der Waals surface area contributed by atoms with Gasteiger partial charge in [-0.1, -0.05) is 49.4 Å². The van der Waals surface area contributed by atoms with Crippen LogP contribution in [0.4, 0.5) is 11.6 Å². The molecule has 0 bridgehead atoms. The monoisotopic (exact) mass is 454 g/mol. The van der Waals surface area contributed by atoms with Gasteiger partial charge in [-0.15, -0.1) is 0 Å². The Bertz CT molecular complexity index is 1210. The summed E-state index contributed by atoms with van der Waals surface area (Å²) in [5.41, 5.74) is 3.12. The van der Waals surface area contributed by atoms with E-state index in [4.69, 9.17) is 9.97 Å². The van der Waals surface area contributed by atoms with Crippen molar-refractivity contribution in [1.29, 1.82) is 0 Å². The van der Waals surface area contributed by atoms with E-state index in [0.29, 0.717) is 12.6 Å². The molecule has 0 spiro atoms. The lowest BCUT2D eigenvalue weighted by atomic mass is 10.1. The molecule has 6 heteroatoms. The highest BCUT2D eigenvalue weighted by Crippen LogP contribution is 2.30. The molecule has 0 amide bonds. The average molecular weight is 455 g/mol. The Morgan fingerprint density at radius 1 is 0.912 bits per heavy atom. The van der Waals surface area contributed by atoms with Crippen molar-refractivity contribution in [2.75, 3.05) is 37.4 Å². The third-order valence-electron chi connectivity index (χ3n) is 6.02. The number of rotatable bonds is 10. The van der Waals surface area contributed by atoms with Crippen LogP contribution < -0.4 is 10.2 Å². The van der Waals surface area contributed by atoms with E-state index in [1.807, 2.05) is 42.6 Å². The summed E-state index contributed by atoms with van der Waals surface area (Å²) in [5.74, 6) is 2.52. The Kier molecular flexibility index (Phi) is 7.70. The summed E-state index contributed by atoms with van der Waals surface area (Å²) in [4.78, 5) is 19.2. The molecule has 0 aliphatic heterocycles. The van der Waals surface area contributed by atoms with E-state index in [-0.39, 0.29) is 0 Å². The molecule has 0 aliphatic carbocycles. The van der Waals surface area contributed by atoms with E-state index in [0.717, 1.165) is 53.4 Å². The van der Waals surface area contributed by atoms with Crippen molar-refractivity contribution in [3.8, 4) is 11.4 Å². The van der Waals surface area contributed by atoms with Crippen LogP contribution in [0.15, 0.2) is 72.9 Å². The van der Waals surface area contributed by atoms with E-state index < -0.39 is 0 Å². The molecule has 176 valence electrons. The first-order valence-electron chi connectivity index (χ1n) is 12.0. The van der Waals surface area contributed by atoms with Crippen molar-refractivity contribution >= 4 is 22.5 Å². The predicted molar refractivity (Wildman–Crippen MR) is 142 cm³/mol. The van der Waals surface area contributed by atoms with Crippen LogP contribution >= 0.6 is 0 Å². The van der Waals surface area contributed by atoms with E-state index in [9.17, 15) is 0 Å². The Balaban J connectivity index is 1.71. The van der Waals surface area contributed by atoms with Gasteiger partial charge in [0.25, 0.3) is 0 Å². The summed E-state index contributed by atoms with van der Waals surface area (Å²) in [7, 11) is 4.25. The Hall–Kier alpha value is -3.51. The fraction of sp³-hybridized carbons (Fsp3) is 0.321. The molecule has 2 heterocycles. The smallest absolute Gasteiger partial charge is 0.162 e. The Morgan fingerprint density at radius 2 is 1.68 bits per heavy atom. The first-order valence-corrected chi connectivity index (χ1v) is 12.0. The Labute approximate surface area is 202 Å². The molecule has 1 unspecified atom stereocenters. The minimum atomic E-state index is 0.367. The van der Waals surface area contributed by atoms with Crippen LogP contribution in [0.3, 0.4) is 0 Å². The number of para-hydroxylation sites is 1. The molecule has 0 saturated carbocycles. The maximum absolute atomic E-state index is 5.12. The van der Waals surface area contributed by atoms with Gasteiger partial charge in [-0.2, -0.15) is 0 Å². The van der Waals surface area contributed by atoms with E-state index in [2.05, 4.69) is 78.4 Å². The van der Waals surface area contributed by atoms with Gasteiger partial charge in [0.15, 0.2) is 5.82 Å². The summed E-state index contributed by atoms with van der Waals surface area (Å²) in [5, 5.41) is 4.51. The number of nitrogens with zero attached hydrogens (tertiary/aromatic N) is 5. The normalized spacial score (nSPS) is 12.1. The maximum atomic E-state index is 5.12. The van der Waals surface area contributed by atoms with Gasteiger partial charge in [-0.05, 0) is 57.3 Å². The zero-order valence-electron chi connectivity index (χ0n) is 20.6. The quantitative estimate of drug-likeness (QED) is 0.343. The lowest BCUT2D eigenvalue weighted by molar-refractivity contribution is 0.356. The molecule has 4 rings (SSSR count). The second kappa shape index (κ2) is 11.1. The minimum Gasteiger partial charge on any atom is -0.366 e. The number of anilines is 2. The Morgan fingerprint density at radius 3 is 2.41 bits per heavy atom. The van der Waals surface area contributed by atoms with Gasteiger partial charge in [0.2, 0.25) is 0 Å². The summed E-state index contributed by atoms with van der Waals surface area (Å²) >= 11 is 0. The van der Waals surface area contributed by atoms with Crippen molar-refractivity contribution in [3.05, 3.63) is 78.5 Å². The van der Waals surface area contributed by atoms with Crippen LogP contribution in [-0.4, -0.2) is 53.1 Å². The molecular weight excluding hydrogens is 420 g/mol. The SMILES string of the molecule is CCC(CN(C)C)N(CC)c1nc(-c2ccnc(NCc3ccccc3)c2)nc2ccccc12. The highest BCUT2D eigenvalue weighted by molar-refractivity contribution is 5.91. The lowest BCUT2D eigenvalue weighted by Crippen LogP contribution is -2.42. The van der Waals surface area contributed by atoms with Crippen LogP contribution in [0.1, 0.15) is 25.8 Å². The van der Waals surface area contributed by atoms with Gasteiger partial charge in [-0.3, -0.25) is 0 Å². The molecule has 1 N–H and O–H groups in total. The molecular formula is C28H34N6. The predicted octanol–water partition coefficient (Wildman–Crippen LogP) is 5.47. The third kappa shape index (κ3) is 5.51. The minimum absolute atomic E-state index is 0.367. The second-order valence-electron chi connectivity index (χ2n) is 8.77. The standard InChI is InChI=1S/C28H34N6/c1-5-23(20-33(3)4)34(6-2)28-24-14-10-11-15-25(24)31-27(32-28)22-16-17-29-26(18-22)30-19-21-12-8-7-9-13-21/h7-18,23H,5-6,19-20H2,1-4H3,(H,29,30). The van der Waals surface area contributed by atoms with Crippen molar-refractivity contribution < 1.29 is 0 Å². The first kappa shape index (κ1) is 23.6. The zero-order valence-corrected chi connectivity index (χ0v) is 20.6. The molecule has 34 heavy (non-hydrogen) atoms. The number of hydrogen-bond acceptors (Lipinski definition) is 6. The molecule has 2 aromatic heterocycles. The van der Waals surface area contributed by atoms with Crippen LogP contribution in [-0.2, 0) is 6.54 Å². The lowest BCUT2D eigenvalue weighted by Gasteiger charge is -2.34. The maximum Gasteiger partial charge on any atom is 0.162 e. The highest BCUT2D eigenvalue weighted by atomic mass is 15.2. The van der Waals surface area contributed by atoms with Crippen molar-refractivity contribution in [1.82, 2.24) is 19.9 Å². The van der Waals surface area contributed by atoms with Crippen LogP contribution in [0, 0.1) is 0 Å². The van der Waals surface area contributed by atoms with E-state index in [1.165, 1.54) is 5.56 Å². The van der Waals surface area contributed by atoms with Crippen molar-refractivity contribution in [3.63, 3.8) is 0 Å². The van der Waals surface area contributed by atoms with Crippen molar-refractivity contribution in [2.24, 2.45) is 0 Å². The first-order chi connectivity index (χ1) is 16.6. The third-order valence-corrected chi connectivity index (χ3v) is 6.02. The largest absolute Gasteiger partial charge is 0.366 e. The van der Waals surface area contributed by atoms with Crippen LogP contribution in [0.2, 0.25) is 0 Å². The van der Waals surface area contributed by atoms with Gasteiger partial charge in [0.1, 0.15) is 11.6 Å². The molecule has 0 aliphatic rings. The molecule has 1 atom stereocenters. The summed E-state index contributed by atoms with van der Waals surface area (Å²) in [6.45, 7) is 7.02. The number of pyridine rings is 1. The number of nitrogens with one attached hydrogen (secondary N) is 1. The fourth-order valence-electron chi connectivity index (χ4n) is 4.31. The molecule has 0 saturated heterocycles. The fourth-order valence-corrected chi connectivity index (χ4v) is 4.31. The van der Waals surface area contributed by atoms with Crippen LogP contribution in [0.5, 0.6) is 0 Å². The van der Waals surface area contributed by atoms with Gasteiger partial charge in [0, 0.05) is 42.8 Å². The number of fused-ring (bicyclic) bond motifs is 1. The number of aromatic nitrogens is 3. The van der Waals surface area contributed by atoms with Crippen molar-refractivity contribution in [2.45, 2.75) is 32.9 Å². The molecule has 0 fully saturated rings. The highest BCUT2D eigenvalue weighted by Gasteiger charge is 2.21. The van der Waals surface area contributed by atoms with E-state index in [1.54, 1.807) is 0 Å². The summed E-state index contributed by atoms with van der Waals surface area (Å²) < 4.78 is 0. The van der Waals surface area contributed by atoms with Gasteiger partial charge in [0.05, 0.1) is 5.52 Å². The number of hydrogen-bond donors (Lipinski definition) is 1. The van der Waals surface area contributed by atoms with Gasteiger partial charge >= 0.3 is 0 Å². The molecule has 0 radical (unpaired) electrons. The average Bonchev–Trinajstić information content (AvgIpc) is 2.87. The number of benzene rings is 2. The summed E-state index contributed by atoms with van der Waals surface area (Å²) in [6.07, 6.45) is 2.86. The second-order valence-corrected chi connectivity index (χ2v) is 8.77. The molecule has 2 aromatic carbocycles. The summed E-state index contributed by atoms with van der Waals surface area (Å²) in [6, 6.07) is 23.0. The van der Waals surface area contributed by atoms with E-state index >= 15 is 0 Å². The van der Waals surface area contributed by atoms with Crippen LogP contribution in [0.25, 0.3) is 22.3 Å². The molecule has 6 nitrogen and oxygen atoms in total. The topological polar surface area (TPSA) is 57.2 Å². The number of likely N-dealkylation sites (N-methyl/N-ethyl adjacent to an activating group) is 2. The molecule has 4 aromatic rings. The van der Waals surface area contributed by atoms with Gasteiger partial charge < -0.3 is 15.1 Å². The zero-order chi connectivity index (χ0) is 23.9. The van der Waals surface area contributed by atoms with Gasteiger partial charge in [-0.25, -0.2) is 15.0 Å².